The average molecular weight is 370 g/mol. The molecule has 0 unspecified atom stereocenters. The minimum Gasteiger partial charge on any atom is -0.480 e. The van der Waals surface area contributed by atoms with E-state index in [9.17, 15) is 32.9 Å². The highest BCUT2D eigenvalue weighted by atomic mass is 19.4. The summed E-state index contributed by atoms with van der Waals surface area (Å²) in [5.74, 6) is -1.33. The Morgan fingerprint density at radius 2 is 1.85 bits per heavy atom. The maximum absolute atomic E-state index is 12.6. The van der Waals surface area contributed by atoms with Crippen molar-refractivity contribution in [2.75, 3.05) is 0 Å². The number of pyridine rings is 1. The van der Waals surface area contributed by atoms with Crippen molar-refractivity contribution in [1.29, 1.82) is 0 Å². The molecule has 10 heteroatoms. The van der Waals surface area contributed by atoms with Crippen LogP contribution in [0.1, 0.15) is 22.4 Å². The Hall–Kier alpha value is -3.17. The van der Waals surface area contributed by atoms with Crippen molar-refractivity contribution in [2.24, 2.45) is 0 Å². The lowest BCUT2D eigenvalue weighted by Gasteiger charge is -2.11. The molecule has 0 radical (unpaired) electrons. The van der Waals surface area contributed by atoms with Gasteiger partial charge in [0.05, 0.1) is 10.5 Å². The molecule has 1 aromatic carbocycles. The van der Waals surface area contributed by atoms with E-state index in [0.717, 1.165) is 16.7 Å². The molecule has 1 aromatic heterocycles. The first-order valence-electron chi connectivity index (χ1n) is 7.26. The van der Waals surface area contributed by atoms with Gasteiger partial charge >= 0.3 is 23.4 Å². The molecule has 0 aliphatic carbocycles. The van der Waals surface area contributed by atoms with Gasteiger partial charge < -0.3 is 5.11 Å². The predicted molar refractivity (Wildman–Crippen MR) is 84.0 cm³/mol. The van der Waals surface area contributed by atoms with Gasteiger partial charge in [-0.1, -0.05) is 12.1 Å². The van der Waals surface area contributed by atoms with E-state index in [1.165, 1.54) is 25.1 Å². The van der Waals surface area contributed by atoms with Gasteiger partial charge in [-0.15, -0.1) is 0 Å². The topological polar surface area (TPSA) is 102 Å². The van der Waals surface area contributed by atoms with Crippen molar-refractivity contribution in [3.8, 4) is 0 Å². The summed E-state index contributed by atoms with van der Waals surface area (Å²) < 4.78 is 38.5. The van der Waals surface area contributed by atoms with Crippen molar-refractivity contribution in [2.45, 2.75) is 26.1 Å². The first-order chi connectivity index (χ1) is 12.0. The summed E-state index contributed by atoms with van der Waals surface area (Å²) >= 11 is 0. The number of carboxylic acids is 1. The zero-order valence-corrected chi connectivity index (χ0v) is 13.4. The van der Waals surface area contributed by atoms with E-state index >= 15 is 0 Å². The predicted octanol–water partition coefficient (Wildman–Crippen LogP) is 2.76. The van der Waals surface area contributed by atoms with E-state index in [1.54, 1.807) is 0 Å². The van der Waals surface area contributed by atoms with Gasteiger partial charge in [0.15, 0.2) is 0 Å². The third-order valence-electron chi connectivity index (χ3n) is 3.71. The van der Waals surface area contributed by atoms with Crippen molar-refractivity contribution >= 4 is 11.7 Å². The highest BCUT2D eigenvalue weighted by Crippen LogP contribution is 2.29. The largest absolute Gasteiger partial charge is 0.480 e. The molecule has 138 valence electrons. The van der Waals surface area contributed by atoms with Crippen LogP contribution in [0.2, 0.25) is 0 Å². The molecule has 2 rings (SSSR count). The van der Waals surface area contributed by atoms with Crippen LogP contribution in [-0.4, -0.2) is 20.6 Å². The van der Waals surface area contributed by atoms with Crippen LogP contribution in [0, 0.1) is 17.0 Å². The summed E-state index contributed by atoms with van der Waals surface area (Å²) in [5.41, 5.74) is -2.18. The van der Waals surface area contributed by atoms with Gasteiger partial charge in [-0.2, -0.15) is 13.2 Å². The van der Waals surface area contributed by atoms with Crippen LogP contribution in [-0.2, 0) is 23.9 Å². The smallest absolute Gasteiger partial charge is 0.416 e. The quantitative estimate of drug-likeness (QED) is 0.644. The fourth-order valence-electron chi connectivity index (χ4n) is 2.52. The van der Waals surface area contributed by atoms with E-state index in [2.05, 4.69) is 0 Å². The Balaban J connectivity index is 2.48. The van der Waals surface area contributed by atoms with Crippen LogP contribution in [0.5, 0.6) is 0 Å². The summed E-state index contributed by atoms with van der Waals surface area (Å²) in [4.78, 5) is 33.4. The van der Waals surface area contributed by atoms with Gasteiger partial charge in [-0.25, -0.2) is 0 Å². The second kappa shape index (κ2) is 6.98. The Kier molecular flexibility index (Phi) is 5.15. The van der Waals surface area contributed by atoms with Crippen LogP contribution in [0.25, 0.3) is 0 Å². The molecular formula is C16H13F3N2O5. The lowest BCUT2D eigenvalue weighted by atomic mass is 10.0. The van der Waals surface area contributed by atoms with E-state index < -0.39 is 40.4 Å². The molecule has 0 bridgehead atoms. The molecule has 2 aromatic rings. The number of carboxylic acid groups (broad SMARTS) is 1. The summed E-state index contributed by atoms with van der Waals surface area (Å²) in [5, 5.41) is 20.1. The summed E-state index contributed by atoms with van der Waals surface area (Å²) in [6.07, 6.45) is -4.64. The number of rotatable bonds is 5. The molecule has 0 saturated heterocycles. The zero-order chi connectivity index (χ0) is 19.6. The van der Waals surface area contributed by atoms with Crippen molar-refractivity contribution < 1.29 is 28.0 Å². The molecule has 26 heavy (non-hydrogen) atoms. The van der Waals surface area contributed by atoms with Gasteiger partial charge in [-0.05, 0) is 30.7 Å². The van der Waals surface area contributed by atoms with Crippen molar-refractivity contribution in [1.82, 2.24) is 4.57 Å². The first-order valence-corrected chi connectivity index (χ1v) is 7.26. The van der Waals surface area contributed by atoms with Crippen molar-refractivity contribution in [3.05, 3.63) is 73.2 Å². The van der Waals surface area contributed by atoms with Crippen LogP contribution in [0.15, 0.2) is 35.1 Å². The number of nitro groups is 1. The van der Waals surface area contributed by atoms with Crippen LogP contribution < -0.4 is 5.56 Å². The number of aryl methyl sites for hydroxylation is 1. The Morgan fingerprint density at radius 1 is 1.27 bits per heavy atom. The number of aromatic nitrogens is 1. The molecule has 7 nitrogen and oxygen atoms in total. The molecule has 0 aliphatic heterocycles. The number of nitrogens with zero attached hydrogens (tertiary/aromatic N) is 2. The van der Waals surface area contributed by atoms with Crippen LogP contribution >= 0.6 is 0 Å². The average Bonchev–Trinajstić information content (AvgIpc) is 2.50. The van der Waals surface area contributed by atoms with Gasteiger partial charge in [0.2, 0.25) is 0 Å². The Bertz CT molecular complexity index is 917. The Morgan fingerprint density at radius 3 is 2.31 bits per heavy atom. The lowest BCUT2D eigenvalue weighted by molar-refractivity contribution is -0.387. The highest BCUT2D eigenvalue weighted by Gasteiger charge is 2.30. The Labute approximate surface area is 144 Å². The fraction of sp³-hybridized carbons (Fsp3) is 0.250. The number of carbonyl (C=O) groups is 1. The van der Waals surface area contributed by atoms with Gasteiger partial charge in [-0.3, -0.25) is 24.3 Å². The molecular weight excluding hydrogens is 357 g/mol. The molecule has 0 saturated carbocycles. The maximum atomic E-state index is 12.6. The standard InChI is InChI=1S/C16H13F3N2O5/c1-9-6-11(7-10-2-4-12(5-3-10)16(17,18)19)14(21(25)26)15(24)20(9)8-13(22)23/h2-6H,7-8H2,1H3,(H,22,23). The van der Waals surface area contributed by atoms with Crippen LogP contribution in [0.4, 0.5) is 18.9 Å². The molecule has 0 fully saturated rings. The van der Waals surface area contributed by atoms with Gasteiger partial charge in [0.25, 0.3) is 0 Å². The third kappa shape index (κ3) is 4.08. The number of aliphatic carboxylic acids is 1. The van der Waals surface area contributed by atoms with E-state index in [-0.39, 0.29) is 17.7 Å². The van der Waals surface area contributed by atoms with Gasteiger partial charge in [0.1, 0.15) is 6.54 Å². The maximum Gasteiger partial charge on any atom is 0.416 e. The molecule has 1 N–H and O–H groups in total. The molecule has 0 spiro atoms. The van der Waals surface area contributed by atoms with E-state index in [1.807, 2.05) is 0 Å². The number of hydrogen-bond donors (Lipinski definition) is 1. The second-order valence-electron chi connectivity index (χ2n) is 5.57. The molecule has 0 aliphatic rings. The number of benzene rings is 1. The summed E-state index contributed by atoms with van der Waals surface area (Å²) in [6, 6.07) is 5.33. The number of halogens is 3. The minimum absolute atomic E-state index is 0.00102. The molecule has 1 heterocycles. The van der Waals surface area contributed by atoms with Crippen LogP contribution in [0.3, 0.4) is 0 Å². The lowest BCUT2D eigenvalue weighted by Crippen LogP contribution is -2.29. The normalized spacial score (nSPS) is 11.4. The SMILES string of the molecule is Cc1cc(Cc2ccc(C(F)(F)F)cc2)c([N+](=O)[O-])c(=O)n1CC(=O)O. The first kappa shape index (κ1) is 19.2. The third-order valence-corrected chi connectivity index (χ3v) is 3.71. The second-order valence-corrected chi connectivity index (χ2v) is 5.57. The summed E-state index contributed by atoms with van der Waals surface area (Å²) in [6.45, 7) is 0.691. The van der Waals surface area contributed by atoms with E-state index in [4.69, 9.17) is 5.11 Å². The summed E-state index contributed by atoms with van der Waals surface area (Å²) in [7, 11) is 0. The molecule has 0 amide bonds. The van der Waals surface area contributed by atoms with E-state index in [0.29, 0.717) is 5.56 Å². The van der Waals surface area contributed by atoms with Crippen molar-refractivity contribution in [3.63, 3.8) is 0 Å². The fourth-order valence-corrected chi connectivity index (χ4v) is 2.52. The van der Waals surface area contributed by atoms with Gasteiger partial charge in [0, 0.05) is 17.7 Å². The minimum atomic E-state index is -4.50. The number of alkyl halides is 3. The monoisotopic (exact) mass is 370 g/mol. The zero-order valence-electron chi connectivity index (χ0n) is 13.4. The highest BCUT2D eigenvalue weighted by molar-refractivity contribution is 5.66. The molecule has 0 atom stereocenters. The number of hydrogen-bond acceptors (Lipinski definition) is 4.